The van der Waals surface area contributed by atoms with E-state index in [2.05, 4.69) is 4.98 Å². The summed E-state index contributed by atoms with van der Waals surface area (Å²) in [5.41, 5.74) is 1.18. The van der Waals surface area contributed by atoms with Crippen molar-refractivity contribution in [1.82, 2.24) is 4.98 Å². The van der Waals surface area contributed by atoms with Gasteiger partial charge in [-0.3, -0.25) is 0 Å². The molecule has 0 amide bonds. The second kappa shape index (κ2) is 11.8. The summed E-state index contributed by atoms with van der Waals surface area (Å²) >= 11 is -1.31. The molecule has 5 rings (SSSR count). The molecular weight excluding hydrogens is 489 g/mol. The van der Waals surface area contributed by atoms with E-state index in [9.17, 15) is 4.79 Å². The number of nitrogens with one attached hydrogen (secondary N) is 1. The molecule has 0 atom stereocenters. The number of rotatable bonds is 4. The number of carbonyl (C=O) groups is 1. The molecule has 0 unspecified atom stereocenters. The standard InChI is InChI=1S/C9H7NO2.3C6H11.Sn.H/c11-9(12)7-5-10-8-4-2-1-3-6(7)8;3*1-2-4-6-5-3-1;;/h1-5,10H,(H,11,12);3*1H,2-6H2;;. The van der Waals surface area contributed by atoms with Crippen molar-refractivity contribution in [3.8, 4) is 0 Å². The Morgan fingerprint density at radius 2 is 1.19 bits per heavy atom. The summed E-state index contributed by atoms with van der Waals surface area (Å²) in [4.78, 5) is 13.5. The Morgan fingerprint density at radius 3 is 1.65 bits per heavy atom. The molecule has 3 aliphatic rings. The van der Waals surface area contributed by atoms with Crippen molar-refractivity contribution < 1.29 is 9.90 Å². The van der Waals surface area contributed by atoms with Gasteiger partial charge in [0.15, 0.2) is 0 Å². The first-order chi connectivity index (χ1) is 15.2. The molecule has 0 saturated heterocycles. The minimum Gasteiger partial charge on any atom is -0.478 e. The Hall–Kier alpha value is -0.971. The van der Waals surface area contributed by atoms with E-state index >= 15 is 0 Å². The molecule has 4 heteroatoms. The number of fused-ring (bicyclic) bond motifs is 1. The first kappa shape index (κ1) is 23.2. The Morgan fingerprint density at radius 1 is 0.742 bits per heavy atom. The monoisotopic (exact) mass is 531 g/mol. The number of benzene rings is 1. The second-order valence-electron chi connectivity index (χ2n) is 10.3. The van der Waals surface area contributed by atoms with E-state index in [-0.39, 0.29) is 0 Å². The van der Waals surface area contributed by atoms with Crippen LogP contribution in [0.2, 0.25) is 11.8 Å². The summed E-state index contributed by atoms with van der Waals surface area (Å²) in [6.45, 7) is 0. The Bertz CT molecular complexity index is 771. The number of aromatic amines is 1. The molecule has 170 valence electrons. The van der Waals surface area contributed by atoms with E-state index in [4.69, 9.17) is 5.11 Å². The summed E-state index contributed by atoms with van der Waals surface area (Å²) in [7, 11) is 0. The van der Waals surface area contributed by atoms with Gasteiger partial charge in [0.05, 0.1) is 5.56 Å². The molecule has 1 aromatic carbocycles. The van der Waals surface area contributed by atoms with Gasteiger partial charge in [0.25, 0.3) is 0 Å². The van der Waals surface area contributed by atoms with Gasteiger partial charge in [-0.25, -0.2) is 4.79 Å². The van der Waals surface area contributed by atoms with Crippen molar-refractivity contribution >= 4 is 36.6 Å². The number of carboxylic acid groups (broad SMARTS) is 1. The zero-order chi connectivity index (χ0) is 21.5. The van der Waals surface area contributed by atoms with Gasteiger partial charge in [-0.2, -0.15) is 0 Å². The van der Waals surface area contributed by atoms with Gasteiger partial charge in [0, 0.05) is 17.1 Å². The number of para-hydroxylation sites is 1. The predicted octanol–water partition coefficient (Wildman–Crippen LogP) is 8.08. The molecule has 0 aliphatic heterocycles. The van der Waals surface area contributed by atoms with Crippen LogP contribution >= 0.6 is 0 Å². The van der Waals surface area contributed by atoms with E-state index < -0.39 is 25.7 Å². The fraction of sp³-hybridized carbons (Fsp3) is 0.667. The smallest absolute Gasteiger partial charge is 0.337 e. The van der Waals surface area contributed by atoms with Crippen molar-refractivity contribution in [3.05, 3.63) is 36.0 Å². The van der Waals surface area contributed by atoms with Crippen LogP contribution in [0.3, 0.4) is 0 Å². The zero-order valence-electron chi connectivity index (χ0n) is 19.2. The zero-order valence-corrected chi connectivity index (χ0v) is 22.5. The molecule has 3 fully saturated rings. The number of aromatic nitrogens is 1. The molecule has 0 radical (unpaired) electrons. The molecule has 31 heavy (non-hydrogen) atoms. The van der Waals surface area contributed by atoms with Crippen LogP contribution in [0, 0.1) is 0 Å². The molecule has 1 heterocycles. The molecule has 3 saturated carbocycles. The maximum Gasteiger partial charge on any atom is 0.337 e. The van der Waals surface area contributed by atoms with E-state index in [1.807, 2.05) is 18.2 Å². The van der Waals surface area contributed by atoms with Crippen LogP contribution in [-0.4, -0.2) is 35.8 Å². The van der Waals surface area contributed by atoms with Crippen LogP contribution in [0.5, 0.6) is 0 Å². The fourth-order valence-electron chi connectivity index (χ4n) is 6.96. The largest absolute Gasteiger partial charge is 0.478 e. The molecule has 0 bridgehead atoms. The van der Waals surface area contributed by atoms with Gasteiger partial charge < -0.3 is 10.1 Å². The molecular formula is C27H41NO2Sn. The molecule has 2 N–H and O–H groups in total. The summed E-state index contributed by atoms with van der Waals surface area (Å²) in [5.74, 6) is -0.896. The van der Waals surface area contributed by atoms with Gasteiger partial charge in [-0.05, 0) is 6.07 Å². The second-order valence-corrected chi connectivity index (χ2v) is 21.7. The topological polar surface area (TPSA) is 53.1 Å². The maximum atomic E-state index is 10.7. The van der Waals surface area contributed by atoms with Crippen molar-refractivity contribution in [1.29, 1.82) is 0 Å². The minimum absolute atomic E-state index is 0.325. The number of hydrogen-bond donors (Lipinski definition) is 2. The van der Waals surface area contributed by atoms with E-state index in [0.717, 1.165) is 10.9 Å². The van der Waals surface area contributed by atoms with Crippen molar-refractivity contribution in [2.24, 2.45) is 0 Å². The first-order valence-corrected chi connectivity index (χ1v) is 18.7. The van der Waals surface area contributed by atoms with Crippen LogP contribution < -0.4 is 0 Å². The fourth-order valence-corrected chi connectivity index (χ4v) is 24.2. The molecule has 3 nitrogen and oxygen atoms in total. The summed E-state index contributed by atoms with van der Waals surface area (Å²) < 4.78 is 4.00. The number of aromatic carboxylic acids is 1. The Balaban J connectivity index is 0.000000166. The van der Waals surface area contributed by atoms with Gasteiger partial charge in [0.2, 0.25) is 0 Å². The van der Waals surface area contributed by atoms with Crippen LogP contribution in [0.25, 0.3) is 10.9 Å². The van der Waals surface area contributed by atoms with Gasteiger partial charge >= 0.3 is 134 Å². The third-order valence-corrected chi connectivity index (χ3v) is 23.4. The quantitative estimate of drug-likeness (QED) is 0.393. The number of H-pyrrole nitrogens is 1. The van der Waals surface area contributed by atoms with Crippen LogP contribution in [0.1, 0.15) is 107 Å². The Labute approximate surface area is 195 Å². The molecule has 1 aromatic heterocycles. The average molecular weight is 530 g/mol. The summed E-state index contributed by atoms with van der Waals surface area (Å²) in [5, 5.41) is 9.51. The minimum atomic E-state index is -1.31. The molecule has 0 spiro atoms. The molecule has 2 aromatic rings. The third kappa shape index (κ3) is 6.09. The Kier molecular flexibility index (Phi) is 8.80. The van der Waals surface area contributed by atoms with Gasteiger partial charge in [0.1, 0.15) is 0 Å². The predicted molar refractivity (Wildman–Crippen MR) is 133 cm³/mol. The summed E-state index contributed by atoms with van der Waals surface area (Å²) in [6.07, 6.45) is 25.8. The molecule has 3 aliphatic carbocycles. The summed E-state index contributed by atoms with van der Waals surface area (Å²) in [6, 6.07) is 7.32. The maximum absolute atomic E-state index is 10.7. The average Bonchev–Trinajstić information content (AvgIpc) is 3.27. The van der Waals surface area contributed by atoms with Gasteiger partial charge in [-0.1, -0.05) is 18.2 Å². The van der Waals surface area contributed by atoms with Gasteiger partial charge in [-0.15, -0.1) is 0 Å². The van der Waals surface area contributed by atoms with Crippen molar-refractivity contribution in [2.45, 2.75) is 108 Å². The van der Waals surface area contributed by atoms with Crippen molar-refractivity contribution in [3.63, 3.8) is 0 Å². The van der Waals surface area contributed by atoms with Crippen LogP contribution in [-0.2, 0) is 0 Å². The number of carboxylic acids is 1. The van der Waals surface area contributed by atoms with Crippen LogP contribution in [0.15, 0.2) is 30.5 Å². The van der Waals surface area contributed by atoms with Crippen molar-refractivity contribution in [2.75, 3.05) is 0 Å². The normalized spacial score (nSPS) is 21.7. The first-order valence-electron chi connectivity index (χ1n) is 13.0. The van der Waals surface area contributed by atoms with E-state index in [1.165, 1.54) is 18.0 Å². The number of hydrogen-bond acceptors (Lipinski definition) is 1. The SMILES string of the molecule is C1CC[CH]([SnH]([CH]2CCCCC2)[CH]2CCCCC2)CC1.O=C(O)c1c[nH]c2ccccc12. The van der Waals surface area contributed by atoms with E-state index in [1.54, 1.807) is 102 Å². The van der Waals surface area contributed by atoms with E-state index in [0.29, 0.717) is 5.56 Å². The van der Waals surface area contributed by atoms with Crippen LogP contribution in [0.4, 0.5) is 0 Å². The third-order valence-electron chi connectivity index (χ3n) is 8.40.